The van der Waals surface area contributed by atoms with Crippen LogP contribution >= 0.6 is 0 Å². The van der Waals surface area contributed by atoms with Gasteiger partial charge >= 0.3 is 0 Å². The third-order valence-electron chi connectivity index (χ3n) is 3.72. The highest BCUT2D eigenvalue weighted by molar-refractivity contribution is 6.03. The maximum absolute atomic E-state index is 11.8. The summed E-state index contributed by atoms with van der Waals surface area (Å²) in [5, 5.41) is 0. The van der Waals surface area contributed by atoms with Crippen LogP contribution in [0.1, 0.15) is 77.6 Å². The van der Waals surface area contributed by atoms with Gasteiger partial charge in [-0.2, -0.15) is 0 Å². The first-order chi connectivity index (χ1) is 8.25. The Morgan fingerprint density at radius 3 is 2.35 bits per heavy atom. The van der Waals surface area contributed by atoms with Gasteiger partial charge in [0.1, 0.15) is 11.6 Å². The van der Waals surface area contributed by atoms with Crippen molar-refractivity contribution in [3.63, 3.8) is 0 Å². The van der Waals surface area contributed by atoms with E-state index in [0.29, 0.717) is 12.8 Å². The summed E-state index contributed by atoms with van der Waals surface area (Å²) in [6.45, 7) is 2.22. The molecule has 2 heteroatoms. The minimum atomic E-state index is -0.227. The summed E-state index contributed by atoms with van der Waals surface area (Å²) < 4.78 is 0. The molecule has 0 heterocycles. The summed E-state index contributed by atoms with van der Waals surface area (Å²) >= 11 is 0. The molecule has 98 valence electrons. The first-order valence-electron chi connectivity index (χ1n) is 7.31. The van der Waals surface area contributed by atoms with Crippen molar-refractivity contribution in [3.05, 3.63) is 0 Å². The second-order valence-corrected chi connectivity index (χ2v) is 5.25. The van der Waals surface area contributed by atoms with Crippen molar-refractivity contribution in [1.29, 1.82) is 0 Å². The topological polar surface area (TPSA) is 34.1 Å². The molecule has 0 aromatic carbocycles. The van der Waals surface area contributed by atoms with Gasteiger partial charge < -0.3 is 0 Å². The highest BCUT2D eigenvalue weighted by Gasteiger charge is 2.29. The summed E-state index contributed by atoms with van der Waals surface area (Å²) in [6.07, 6.45) is 11.6. The van der Waals surface area contributed by atoms with Crippen molar-refractivity contribution >= 4 is 11.6 Å². The third-order valence-corrected chi connectivity index (χ3v) is 3.72. The van der Waals surface area contributed by atoms with Gasteiger partial charge in [0.15, 0.2) is 0 Å². The zero-order valence-corrected chi connectivity index (χ0v) is 11.2. The van der Waals surface area contributed by atoms with Crippen molar-refractivity contribution in [2.24, 2.45) is 5.92 Å². The zero-order valence-electron chi connectivity index (χ0n) is 11.2. The summed E-state index contributed by atoms with van der Waals surface area (Å²) in [6, 6.07) is 0. The number of hydrogen-bond acceptors (Lipinski definition) is 2. The van der Waals surface area contributed by atoms with E-state index in [9.17, 15) is 9.59 Å². The van der Waals surface area contributed by atoms with Crippen LogP contribution in [0.3, 0.4) is 0 Å². The number of unbranched alkanes of at least 4 members (excludes halogenated alkanes) is 6. The largest absolute Gasteiger partial charge is 0.299 e. The molecule has 0 saturated heterocycles. The standard InChI is InChI=1S/C15H26O2/c1-2-3-4-5-6-7-8-11-14(16)13-10-9-12-15(13)17/h13H,2-12H2,1H3. The highest BCUT2D eigenvalue weighted by atomic mass is 16.2. The van der Waals surface area contributed by atoms with E-state index in [1.54, 1.807) is 0 Å². The van der Waals surface area contributed by atoms with Gasteiger partial charge in [-0.15, -0.1) is 0 Å². The average molecular weight is 238 g/mol. The Kier molecular flexibility index (Phi) is 7.14. The Morgan fingerprint density at radius 2 is 1.76 bits per heavy atom. The number of carbonyl (C=O) groups is 2. The number of rotatable bonds is 9. The molecule has 0 bridgehead atoms. The van der Waals surface area contributed by atoms with Crippen LogP contribution in [0, 0.1) is 5.92 Å². The lowest BCUT2D eigenvalue weighted by molar-refractivity contribution is -0.130. The third kappa shape index (κ3) is 5.47. The van der Waals surface area contributed by atoms with E-state index in [1.165, 1.54) is 32.1 Å². The van der Waals surface area contributed by atoms with Crippen LogP contribution in [-0.4, -0.2) is 11.6 Å². The number of carbonyl (C=O) groups excluding carboxylic acids is 2. The fraction of sp³-hybridized carbons (Fsp3) is 0.867. The van der Waals surface area contributed by atoms with Gasteiger partial charge in [-0.3, -0.25) is 9.59 Å². The predicted molar refractivity (Wildman–Crippen MR) is 70.0 cm³/mol. The fourth-order valence-electron chi connectivity index (χ4n) is 2.59. The second kappa shape index (κ2) is 8.43. The van der Waals surface area contributed by atoms with Crippen molar-refractivity contribution in [3.8, 4) is 0 Å². The smallest absolute Gasteiger partial charge is 0.143 e. The van der Waals surface area contributed by atoms with Crippen molar-refractivity contribution in [2.45, 2.75) is 77.6 Å². The van der Waals surface area contributed by atoms with Crippen LogP contribution in [0.15, 0.2) is 0 Å². The molecule has 17 heavy (non-hydrogen) atoms. The van der Waals surface area contributed by atoms with E-state index in [-0.39, 0.29) is 17.5 Å². The lowest BCUT2D eigenvalue weighted by atomic mass is 9.96. The molecule has 1 fully saturated rings. The normalized spacial score (nSPS) is 19.8. The van der Waals surface area contributed by atoms with Crippen LogP contribution in [0.5, 0.6) is 0 Å². The summed E-state index contributed by atoms with van der Waals surface area (Å²) in [4.78, 5) is 23.2. The molecule has 0 amide bonds. The van der Waals surface area contributed by atoms with Gasteiger partial charge in [-0.05, 0) is 19.3 Å². The van der Waals surface area contributed by atoms with Crippen LogP contribution in [0.2, 0.25) is 0 Å². The first kappa shape index (κ1) is 14.4. The fourth-order valence-corrected chi connectivity index (χ4v) is 2.59. The van der Waals surface area contributed by atoms with E-state index in [4.69, 9.17) is 0 Å². The monoisotopic (exact) mass is 238 g/mol. The quantitative estimate of drug-likeness (QED) is 0.448. The van der Waals surface area contributed by atoms with Gasteiger partial charge in [-0.1, -0.05) is 45.4 Å². The summed E-state index contributed by atoms with van der Waals surface area (Å²) in [5.41, 5.74) is 0. The van der Waals surface area contributed by atoms with E-state index in [2.05, 4.69) is 6.92 Å². The van der Waals surface area contributed by atoms with Gasteiger partial charge in [0.25, 0.3) is 0 Å². The van der Waals surface area contributed by atoms with E-state index in [1.807, 2.05) is 0 Å². The minimum Gasteiger partial charge on any atom is -0.299 e. The molecule has 1 aliphatic carbocycles. The van der Waals surface area contributed by atoms with Crippen molar-refractivity contribution in [2.75, 3.05) is 0 Å². The Labute approximate surface area is 105 Å². The molecule has 2 nitrogen and oxygen atoms in total. The summed E-state index contributed by atoms with van der Waals surface area (Å²) in [7, 11) is 0. The van der Waals surface area contributed by atoms with Crippen molar-refractivity contribution in [1.82, 2.24) is 0 Å². The predicted octanol–water partition coefficient (Wildman–Crippen LogP) is 4.07. The van der Waals surface area contributed by atoms with Gasteiger partial charge in [0.2, 0.25) is 0 Å². The Bertz CT molecular complexity index is 245. The second-order valence-electron chi connectivity index (χ2n) is 5.25. The van der Waals surface area contributed by atoms with Crippen LogP contribution < -0.4 is 0 Å². The summed E-state index contributed by atoms with van der Waals surface area (Å²) in [5.74, 6) is 0.175. The number of hydrogen-bond donors (Lipinski definition) is 0. The van der Waals surface area contributed by atoms with E-state index >= 15 is 0 Å². The van der Waals surface area contributed by atoms with Gasteiger partial charge in [-0.25, -0.2) is 0 Å². The van der Waals surface area contributed by atoms with Gasteiger partial charge in [0, 0.05) is 12.8 Å². The minimum absolute atomic E-state index is 0.193. The number of Topliss-reactive ketones (excluding diaryl/α,β-unsaturated/α-hetero) is 2. The Morgan fingerprint density at radius 1 is 1.12 bits per heavy atom. The molecular formula is C15H26O2. The Balaban J connectivity index is 1.99. The van der Waals surface area contributed by atoms with Crippen LogP contribution in [-0.2, 0) is 9.59 Å². The maximum atomic E-state index is 11.8. The molecule has 0 spiro atoms. The highest BCUT2D eigenvalue weighted by Crippen LogP contribution is 2.24. The molecule has 1 unspecified atom stereocenters. The number of ketones is 2. The van der Waals surface area contributed by atoms with Crippen LogP contribution in [0.4, 0.5) is 0 Å². The molecular weight excluding hydrogens is 212 g/mol. The molecule has 0 radical (unpaired) electrons. The Hall–Kier alpha value is -0.660. The SMILES string of the molecule is CCCCCCCCCC(=O)C1CCCC1=O. The molecule has 0 aromatic rings. The zero-order chi connectivity index (χ0) is 12.5. The van der Waals surface area contributed by atoms with Crippen molar-refractivity contribution < 1.29 is 9.59 Å². The molecule has 1 aliphatic rings. The first-order valence-corrected chi connectivity index (χ1v) is 7.31. The average Bonchev–Trinajstić information content (AvgIpc) is 2.74. The molecule has 0 N–H and O–H groups in total. The van der Waals surface area contributed by atoms with E-state index < -0.39 is 0 Å². The lowest BCUT2D eigenvalue weighted by Crippen LogP contribution is -2.18. The van der Waals surface area contributed by atoms with E-state index in [0.717, 1.165) is 25.7 Å². The molecule has 1 atom stereocenters. The molecule has 0 aromatic heterocycles. The molecule has 1 saturated carbocycles. The van der Waals surface area contributed by atoms with Crippen LogP contribution in [0.25, 0.3) is 0 Å². The molecule has 0 aliphatic heterocycles. The lowest BCUT2D eigenvalue weighted by Gasteiger charge is -2.06. The van der Waals surface area contributed by atoms with Gasteiger partial charge in [0.05, 0.1) is 5.92 Å². The molecule has 1 rings (SSSR count). The maximum Gasteiger partial charge on any atom is 0.143 e.